The van der Waals surface area contributed by atoms with Crippen LogP contribution in [0.3, 0.4) is 0 Å². The van der Waals surface area contributed by atoms with Gasteiger partial charge in [0.15, 0.2) is 0 Å². The van der Waals surface area contributed by atoms with Crippen molar-refractivity contribution in [1.29, 1.82) is 0 Å². The van der Waals surface area contributed by atoms with Gasteiger partial charge in [-0.3, -0.25) is 14.3 Å². The van der Waals surface area contributed by atoms with E-state index in [9.17, 15) is 9.59 Å². The normalized spacial score (nSPS) is 22.7. The number of allylic oxidation sites excluding steroid dienone is 1. The average Bonchev–Trinajstić information content (AvgIpc) is 3.26. The summed E-state index contributed by atoms with van der Waals surface area (Å²) in [4.78, 5) is 26.6. The minimum Gasteiger partial charge on any atom is -0.383 e. The van der Waals surface area contributed by atoms with Crippen LogP contribution in [0, 0.1) is 5.41 Å². The first kappa shape index (κ1) is 17.7. The quantitative estimate of drug-likeness (QED) is 0.813. The number of amides is 2. The zero-order chi connectivity index (χ0) is 17.9. The number of likely N-dealkylation sites (tertiary alicyclic amines) is 1. The molecule has 1 saturated heterocycles. The lowest BCUT2D eigenvalue weighted by molar-refractivity contribution is -0.133. The molecule has 2 heterocycles. The van der Waals surface area contributed by atoms with Gasteiger partial charge in [0.05, 0.1) is 6.61 Å². The van der Waals surface area contributed by atoms with E-state index in [1.165, 1.54) is 0 Å². The number of hydrogen-bond acceptors (Lipinski definition) is 4. The molecule has 7 nitrogen and oxygen atoms in total. The highest BCUT2D eigenvalue weighted by Crippen LogP contribution is 2.47. The van der Waals surface area contributed by atoms with Crippen molar-refractivity contribution < 1.29 is 14.3 Å². The third-order valence-electron chi connectivity index (χ3n) is 5.22. The van der Waals surface area contributed by atoms with Crippen molar-refractivity contribution in [1.82, 2.24) is 20.0 Å². The van der Waals surface area contributed by atoms with Crippen molar-refractivity contribution in [2.45, 2.75) is 39.2 Å². The van der Waals surface area contributed by atoms with Crippen LogP contribution in [0.5, 0.6) is 0 Å². The second-order valence-electron chi connectivity index (χ2n) is 6.69. The number of aromatic nitrogens is 2. The van der Waals surface area contributed by atoms with Crippen molar-refractivity contribution in [3.05, 3.63) is 29.7 Å². The lowest BCUT2D eigenvalue weighted by Gasteiger charge is -2.42. The predicted molar refractivity (Wildman–Crippen MR) is 92.8 cm³/mol. The number of carbonyl (C=O) groups is 2. The third kappa shape index (κ3) is 3.46. The maximum absolute atomic E-state index is 12.4. The Morgan fingerprint density at radius 2 is 2.28 bits per heavy atom. The Morgan fingerprint density at radius 1 is 1.44 bits per heavy atom. The molecule has 0 radical (unpaired) electrons. The van der Waals surface area contributed by atoms with Crippen LogP contribution < -0.4 is 5.32 Å². The number of nitrogens with zero attached hydrogens (tertiary/aromatic N) is 3. The molecule has 0 aromatic carbocycles. The van der Waals surface area contributed by atoms with Gasteiger partial charge in [-0.1, -0.05) is 6.08 Å². The second-order valence-corrected chi connectivity index (χ2v) is 6.69. The number of carbonyl (C=O) groups excluding carboxylic acids is 2. The zero-order valence-corrected chi connectivity index (χ0v) is 15.0. The second kappa shape index (κ2) is 7.39. The van der Waals surface area contributed by atoms with Gasteiger partial charge in [-0.2, -0.15) is 5.10 Å². The van der Waals surface area contributed by atoms with Crippen LogP contribution >= 0.6 is 0 Å². The van der Waals surface area contributed by atoms with Gasteiger partial charge in [-0.05, 0) is 32.3 Å². The van der Waals surface area contributed by atoms with E-state index in [1.807, 2.05) is 11.8 Å². The molecule has 1 unspecified atom stereocenters. The van der Waals surface area contributed by atoms with Crippen LogP contribution in [-0.2, 0) is 16.1 Å². The van der Waals surface area contributed by atoms with Crippen LogP contribution in [0.2, 0.25) is 0 Å². The molecule has 3 rings (SSSR count). The van der Waals surface area contributed by atoms with Crippen LogP contribution in [0.1, 0.15) is 43.1 Å². The van der Waals surface area contributed by atoms with E-state index < -0.39 is 0 Å². The van der Waals surface area contributed by atoms with Gasteiger partial charge in [0.1, 0.15) is 5.69 Å². The summed E-state index contributed by atoms with van der Waals surface area (Å²) in [5.41, 5.74) is 1.34. The average molecular weight is 346 g/mol. The lowest BCUT2D eigenvalue weighted by atomic mass is 9.76. The molecular weight excluding hydrogens is 320 g/mol. The maximum atomic E-state index is 12.4. The van der Waals surface area contributed by atoms with Crippen LogP contribution in [0.25, 0.3) is 0 Å². The molecular formula is C18H26N4O3. The largest absolute Gasteiger partial charge is 0.383 e. The molecule has 0 bridgehead atoms. The molecule has 1 aliphatic carbocycles. The molecule has 0 spiro atoms. The number of hydrogen-bond donors (Lipinski definition) is 1. The lowest BCUT2D eigenvalue weighted by Crippen LogP contribution is -2.49. The highest BCUT2D eigenvalue weighted by Gasteiger charge is 2.45. The third-order valence-corrected chi connectivity index (χ3v) is 5.22. The van der Waals surface area contributed by atoms with Gasteiger partial charge in [0, 0.05) is 50.5 Å². The van der Waals surface area contributed by atoms with Crippen LogP contribution in [0.15, 0.2) is 24.0 Å². The molecule has 1 aliphatic heterocycles. The van der Waals surface area contributed by atoms with E-state index in [0.717, 1.165) is 31.5 Å². The Bertz CT molecular complexity index is 682. The fourth-order valence-electron chi connectivity index (χ4n) is 3.79. The highest BCUT2D eigenvalue weighted by molar-refractivity contribution is 5.92. The van der Waals surface area contributed by atoms with Gasteiger partial charge in [-0.15, -0.1) is 0 Å². The summed E-state index contributed by atoms with van der Waals surface area (Å²) in [6.07, 6.45) is 7.14. The smallest absolute Gasteiger partial charge is 0.271 e. The summed E-state index contributed by atoms with van der Waals surface area (Å²) >= 11 is 0. The SMILES string of the molecule is CCn1ccc(C(=O)NCC23CCC=C2N(CCOC)C(=O)CC3)n1. The molecule has 1 N–H and O–H groups in total. The van der Waals surface area contributed by atoms with Gasteiger partial charge < -0.3 is 15.0 Å². The first-order valence-corrected chi connectivity index (χ1v) is 8.91. The molecule has 136 valence electrons. The summed E-state index contributed by atoms with van der Waals surface area (Å²) in [5, 5.41) is 7.29. The van der Waals surface area contributed by atoms with Crippen molar-refractivity contribution >= 4 is 11.8 Å². The van der Waals surface area contributed by atoms with E-state index in [0.29, 0.717) is 31.8 Å². The first-order valence-electron chi connectivity index (χ1n) is 8.91. The predicted octanol–water partition coefficient (Wildman–Crippen LogP) is 1.57. The Morgan fingerprint density at radius 3 is 3.00 bits per heavy atom. The van der Waals surface area contributed by atoms with Crippen molar-refractivity contribution in [2.75, 3.05) is 26.8 Å². The zero-order valence-electron chi connectivity index (χ0n) is 15.0. The molecule has 25 heavy (non-hydrogen) atoms. The van der Waals surface area contributed by atoms with Gasteiger partial charge in [0.2, 0.25) is 5.91 Å². The van der Waals surface area contributed by atoms with Crippen LogP contribution in [0.4, 0.5) is 0 Å². The fourth-order valence-corrected chi connectivity index (χ4v) is 3.79. The maximum Gasteiger partial charge on any atom is 0.271 e. The monoisotopic (exact) mass is 346 g/mol. The Balaban J connectivity index is 1.69. The molecule has 2 aliphatic rings. The summed E-state index contributed by atoms with van der Waals surface area (Å²) < 4.78 is 6.88. The number of piperidine rings is 1. The van der Waals surface area contributed by atoms with E-state index in [4.69, 9.17) is 4.74 Å². The highest BCUT2D eigenvalue weighted by atomic mass is 16.5. The molecule has 1 fully saturated rings. The Kier molecular flexibility index (Phi) is 5.22. The van der Waals surface area contributed by atoms with Gasteiger partial charge >= 0.3 is 0 Å². The van der Waals surface area contributed by atoms with E-state index >= 15 is 0 Å². The summed E-state index contributed by atoms with van der Waals surface area (Å²) in [6.45, 7) is 4.34. The molecule has 1 atom stereocenters. The standard InChI is InChI=1S/C18H26N4O3/c1-3-21-10-7-14(20-21)17(24)19-13-18-8-4-5-15(18)22(11-12-25-2)16(23)6-9-18/h5,7,10H,3-4,6,8-9,11-13H2,1-2H3,(H,19,24). The molecule has 7 heteroatoms. The number of nitrogens with one attached hydrogen (secondary N) is 1. The van der Waals surface area contributed by atoms with Crippen molar-refractivity contribution in [3.63, 3.8) is 0 Å². The number of ether oxygens (including phenoxy) is 1. The summed E-state index contributed by atoms with van der Waals surface area (Å²) in [6, 6.07) is 1.73. The molecule has 0 saturated carbocycles. The van der Waals surface area contributed by atoms with E-state index in [1.54, 1.807) is 24.1 Å². The van der Waals surface area contributed by atoms with Crippen molar-refractivity contribution in [3.8, 4) is 0 Å². The molecule has 1 aromatic heterocycles. The summed E-state index contributed by atoms with van der Waals surface area (Å²) in [5.74, 6) is -0.0120. The minimum absolute atomic E-state index is 0.147. The first-order chi connectivity index (χ1) is 12.1. The minimum atomic E-state index is -0.159. The number of fused-ring (bicyclic) bond motifs is 1. The number of methoxy groups -OCH3 is 1. The van der Waals surface area contributed by atoms with E-state index in [-0.39, 0.29) is 17.2 Å². The summed E-state index contributed by atoms with van der Waals surface area (Å²) in [7, 11) is 1.64. The van der Waals surface area contributed by atoms with Gasteiger partial charge in [-0.25, -0.2) is 0 Å². The number of aryl methyl sites for hydroxylation is 1. The van der Waals surface area contributed by atoms with Crippen molar-refractivity contribution in [2.24, 2.45) is 5.41 Å². The van der Waals surface area contributed by atoms with Crippen LogP contribution in [-0.4, -0.2) is 53.3 Å². The topological polar surface area (TPSA) is 76.5 Å². The number of rotatable bonds is 7. The van der Waals surface area contributed by atoms with Gasteiger partial charge in [0.25, 0.3) is 5.91 Å². The fraction of sp³-hybridized carbons (Fsp3) is 0.611. The Labute approximate surface area is 148 Å². The molecule has 1 aromatic rings. The molecule has 2 amide bonds. The Hall–Kier alpha value is -2.15. The van der Waals surface area contributed by atoms with E-state index in [2.05, 4.69) is 16.5 Å².